The zero-order valence-corrected chi connectivity index (χ0v) is 13.4. The van der Waals surface area contributed by atoms with E-state index >= 15 is 0 Å². The number of nitro benzene ring substituents is 1. The van der Waals surface area contributed by atoms with Crippen molar-refractivity contribution in [1.82, 2.24) is 0 Å². The van der Waals surface area contributed by atoms with Crippen LogP contribution in [0.1, 0.15) is 17.2 Å². The Bertz CT molecular complexity index is 706. The molecule has 24 heavy (non-hydrogen) atoms. The highest BCUT2D eigenvalue weighted by atomic mass is 16.6. The van der Waals surface area contributed by atoms with Crippen LogP contribution in [-0.4, -0.2) is 29.7 Å². The quantitative estimate of drug-likeness (QED) is 0.506. The Kier molecular flexibility index (Phi) is 6.11. The van der Waals surface area contributed by atoms with Crippen molar-refractivity contribution in [3.8, 4) is 5.75 Å². The summed E-state index contributed by atoms with van der Waals surface area (Å²) in [6.45, 7) is 2.49. The second-order valence-electron chi connectivity index (χ2n) is 5.30. The van der Waals surface area contributed by atoms with E-state index in [1.165, 1.54) is 6.07 Å². The smallest absolute Gasteiger partial charge is 0.296 e. The van der Waals surface area contributed by atoms with Gasteiger partial charge < -0.3 is 20.9 Å². The minimum Gasteiger partial charge on any atom is -0.483 e. The number of nitrogens with one attached hydrogen (secondary N) is 1. The van der Waals surface area contributed by atoms with Gasteiger partial charge in [0.15, 0.2) is 0 Å². The van der Waals surface area contributed by atoms with Gasteiger partial charge in [-0.3, -0.25) is 10.1 Å². The first-order valence-corrected chi connectivity index (χ1v) is 7.62. The summed E-state index contributed by atoms with van der Waals surface area (Å²) in [6, 6.07) is 12.1. The number of aliphatic hydroxyl groups is 1. The van der Waals surface area contributed by atoms with Crippen LogP contribution in [0.15, 0.2) is 42.5 Å². The van der Waals surface area contributed by atoms with E-state index in [4.69, 9.17) is 10.5 Å². The molecule has 0 aliphatic heterocycles. The zero-order valence-electron chi connectivity index (χ0n) is 13.4. The van der Waals surface area contributed by atoms with E-state index in [1.807, 2.05) is 31.2 Å². The highest BCUT2D eigenvalue weighted by Crippen LogP contribution is 2.31. The first-order valence-electron chi connectivity index (χ1n) is 7.62. The lowest BCUT2D eigenvalue weighted by atomic mass is 10.0. The molecule has 0 heterocycles. The molecular formula is C17H21N3O4. The van der Waals surface area contributed by atoms with E-state index in [0.29, 0.717) is 24.5 Å². The van der Waals surface area contributed by atoms with Gasteiger partial charge in [-0.25, -0.2) is 0 Å². The largest absolute Gasteiger partial charge is 0.483 e. The predicted molar refractivity (Wildman–Crippen MR) is 92.3 cm³/mol. The van der Waals surface area contributed by atoms with Gasteiger partial charge in [-0.05, 0) is 30.2 Å². The van der Waals surface area contributed by atoms with E-state index in [2.05, 4.69) is 5.32 Å². The summed E-state index contributed by atoms with van der Waals surface area (Å²) in [7, 11) is 0. The molecule has 7 nitrogen and oxygen atoms in total. The molecule has 0 aliphatic carbocycles. The molecule has 4 N–H and O–H groups in total. The average Bonchev–Trinajstić information content (AvgIpc) is 2.59. The second kappa shape index (κ2) is 8.28. The number of hydrogen-bond acceptors (Lipinski definition) is 6. The summed E-state index contributed by atoms with van der Waals surface area (Å²) in [5.74, 6) is 0.322. The molecule has 2 rings (SSSR count). The topological polar surface area (TPSA) is 111 Å². The number of rotatable bonds is 8. The fourth-order valence-electron chi connectivity index (χ4n) is 2.40. The third-order valence-corrected chi connectivity index (χ3v) is 3.61. The van der Waals surface area contributed by atoms with Gasteiger partial charge in [0.05, 0.1) is 17.6 Å². The number of ether oxygens (including phenoxy) is 1. The third-order valence-electron chi connectivity index (χ3n) is 3.61. The van der Waals surface area contributed by atoms with E-state index in [-0.39, 0.29) is 12.3 Å². The lowest BCUT2D eigenvalue weighted by Gasteiger charge is -2.19. The van der Waals surface area contributed by atoms with E-state index in [9.17, 15) is 15.2 Å². The van der Waals surface area contributed by atoms with Crippen LogP contribution < -0.4 is 15.8 Å². The number of aryl methyl sites for hydroxylation is 1. The van der Waals surface area contributed by atoms with Crippen molar-refractivity contribution in [2.75, 3.05) is 25.0 Å². The van der Waals surface area contributed by atoms with Gasteiger partial charge in [-0.1, -0.05) is 24.3 Å². The summed E-state index contributed by atoms with van der Waals surface area (Å²) < 4.78 is 5.77. The zero-order chi connectivity index (χ0) is 17.5. The van der Waals surface area contributed by atoms with Crippen LogP contribution in [0, 0.1) is 17.0 Å². The summed E-state index contributed by atoms with van der Waals surface area (Å²) in [4.78, 5) is 10.8. The molecule has 0 aromatic heterocycles. The first-order chi connectivity index (χ1) is 11.6. The standard InChI is InChI=1S/C17H21N3O4/c1-12-4-2-3-5-14(12)17(11-21)24-13-6-7-15(19-9-8-18)16(10-13)20(22)23/h2-7,10,17,19,21H,8-9,11,18H2,1H3. The molecule has 0 saturated carbocycles. The minimum atomic E-state index is -0.589. The Hall–Kier alpha value is -2.64. The van der Waals surface area contributed by atoms with Gasteiger partial charge in [0.2, 0.25) is 0 Å². The maximum atomic E-state index is 11.2. The number of nitro groups is 1. The summed E-state index contributed by atoms with van der Waals surface area (Å²) in [5.41, 5.74) is 7.52. The Labute approximate surface area is 140 Å². The lowest BCUT2D eigenvalue weighted by molar-refractivity contribution is -0.384. The van der Waals surface area contributed by atoms with Gasteiger partial charge >= 0.3 is 0 Å². The molecule has 0 saturated heterocycles. The summed E-state index contributed by atoms with van der Waals surface area (Å²) in [6.07, 6.45) is -0.589. The number of hydrogen-bond donors (Lipinski definition) is 3. The van der Waals surface area contributed by atoms with Crippen LogP contribution in [0.2, 0.25) is 0 Å². The number of nitrogens with two attached hydrogens (primary N) is 1. The molecule has 7 heteroatoms. The normalized spacial score (nSPS) is 11.8. The van der Waals surface area contributed by atoms with Crippen molar-refractivity contribution in [3.63, 3.8) is 0 Å². The Morgan fingerprint density at radius 2 is 2.08 bits per heavy atom. The van der Waals surface area contributed by atoms with Crippen molar-refractivity contribution in [2.24, 2.45) is 5.73 Å². The molecule has 0 amide bonds. The van der Waals surface area contributed by atoms with Crippen molar-refractivity contribution >= 4 is 11.4 Å². The van der Waals surface area contributed by atoms with Crippen LogP contribution in [0.5, 0.6) is 5.75 Å². The highest BCUT2D eigenvalue weighted by molar-refractivity contribution is 5.64. The Morgan fingerprint density at radius 1 is 1.33 bits per heavy atom. The fraction of sp³-hybridized carbons (Fsp3) is 0.294. The molecule has 0 spiro atoms. The number of benzene rings is 2. The first kappa shape index (κ1) is 17.7. The van der Waals surface area contributed by atoms with Crippen LogP contribution >= 0.6 is 0 Å². The van der Waals surface area contributed by atoms with Crippen molar-refractivity contribution in [1.29, 1.82) is 0 Å². The second-order valence-corrected chi connectivity index (χ2v) is 5.30. The van der Waals surface area contributed by atoms with Gasteiger partial charge in [0, 0.05) is 13.1 Å². The van der Waals surface area contributed by atoms with Gasteiger partial charge in [-0.2, -0.15) is 0 Å². The molecule has 2 aromatic carbocycles. The molecule has 1 atom stereocenters. The maximum Gasteiger partial charge on any atom is 0.296 e. The van der Waals surface area contributed by atoms with Crippen LogP contribution in [-0.2, 0) is 0 Å². The molecule has 0 aliphatic rings. The average molecular weight is 331 g/mol. The molecule has 128 valence electrons. The number of anilines is 1. The van der Waals surface area contributed by atoms with E-state index < -0.39 is 11.0 Å². The molecule has 2 aromatic rings. The SMILES string of the molecule is Cc1ccccc1C(CO)Oc1ccc(NCCN)c([N+](=O)[O-])c1. The molecule has 0 radical (unpaired) electrons. The molecule has 0 fully saturated rings. The molecular weight excluding hydrogens is 310 g/mol. The van der Waals surface area contributed by atoms with Gasteiger partial charge in [0.1, 0.15) is 17.5 Å². The summed E-state index contributed by atoms with van der Waals surface area (Å²) >= 11 is 0. The lowest BCUT2D eigenvalue weighted by Crippen LogP contribution is -2.15. The molecule has 1 unspecified atom stereocenters. The van der Waals surface area contributed by atoms with Crippen LogP contribution in [0.4, 0.5) is 11.4 Å². The highest BCUT2D eigenvalue weighted by Gasteiger charge is 2.19. The maximum absolute atomic E-state index is 11.2. The van der Waals surface area contributed by atoms with Gasteiger partial charge in [-0.15, -0.1) is 0 Å². The third kappa shape index (κ3) is 4.21. The van der Waals surface area contributed by atoms with E-state index in [1.54, 1.807) is 12.1 Å². The number of nitrogens with zero attached hydrogens (tertiary/aromatic N) is 1. The predicted octanol–water partition coefficient (Wildman–Crippen LogP) is 2.39. The van der Waals surface area contributed by atoms with Crippen molar-refractivity contribution in [3.05, 3.63) is 63.7 Å². The van der Waals surface area contributed by atoms with E-state index in [0.717, 1.165) is 11.1 Å². The molecule has 0 bridgehead atoms. The van der Waals surface area contributed by atoms with Gasteiger partial charge in [0.25, 0.3) is 5.69 Å². The monoisotopic (exact) mass is 331 g/mol. The Balaban J connectivity index is 2.26. The van der Waals surface area contributed by atoms with Crippen LogP contribution in [0.25, 0.3) is 0 Å². The van der Waals surface area contributed by atoms with Crippen LogP contribution in [0.3, 0.4) is 0 Å². The number of aliphatic hydroxyl groups excluding tert-OH is 1. The van der Waals surface area contributed by atoms with Crippen molar-refractivity contribution < 1.29 is 14.8 Å². The summed E-state index contributed by atoms with van der Waals surface area (Å²) in [5, 5.41) is 23.8. The Morgan fingerprint density at radius 3 is 2.71 bits per heavy atom. The minimum absolute atomic E-state index is 0.0950. The fourth-order valence-corrected chi connectivity index (χ4v) is 2.40. The van der Waals surface area contributed by atoms with Crippen molar-refractivity contribution in [2.45, 2.75) is 13.0 Å².